The molecule has 0 aliphatic heterocycles. The van der Waals surface area contributed by atoms with E-state index in [0.29, 0.717) is 4.31 Å². The summed E-state index contributed by atoms with van der Waals surface area (Å²) >= 11 is 0. The van der Waals surface area contributed by atoms with E-state index in [4.69, 9.17) is 5.41 Å². The van der Waals surface area contributed by atoms with Crippen LogP contribution >= 0.6 is 0 Å². The largest absolute Gasteiger partial charge is 0.319 e. The van der Waals surface area contributed by atoms with Crippen LogP contribution in [0, 0.1) is 5.41 Å². The van der Waals surface area contributed by atoms with E-state index in [9.17, 15) is 16.8 Å². The summed E-state index contributed by atoms with van der Waals surface area (Å²) in [6.07, 6.45) is 0. The van der Waals surface area contributed by atoms with E-state index in [1.165, 1.54) is 24.3 Å². The number of hydrogen-bond donors (Lipinski definition) is 1. The maximum Gasteiger partial charge on any atom is 0.319 e. The van der Waals surface area contributed by atoms with Crippen LogP contribution in [0.25, 0.3) is 0 Å². The summed E-state index contributed by atoms with van der Waals surface area (Å²) in [5, 5.41) is 7.22. The van der Waals surface area contributed by atoms with Gasteiger partial charge in [-0.2, -0.15) is 8.42 Å². The number of guanidine groups is 1. The molecular weight excluding hydrogens is 266 g/mol. The fourth-order valence-electron chi connectivity index (χ4n) is 0.993. The van der Waals surface area contributed by atoms with Gasteiger partial charge < -0.3 is 0 Å². The average Bonchev–Trinajstić information content (AvgIpc) is 2.28. The van der Waals surface area contributed by atoms with Crippen molar-refractivity contribution in [3.63, 3.8) is 0 Å². The SMILES string of the molecule is CN(C(=N)N=S(=O)=O)S(=O)(=O)c1ccccc1. The second-order valence-corrected chi connectivity index (χ2v) is 5.50. The van der Waals surface area contributed by atoms with Crippen molar-refractivity contribution in [1.29, 1.82) is 5.41 Å². The second-order valence-electron chi connectivity index (χ2n) is 2.92. The smallest absolute Gasteiger partial charge is 0.266 e. The minimum absolute atomic E-state index is 0.0425. The van der Waals surface area contributed by atoms with E-state index in [2.05, 4.69) is 4.36 Å². The lowest BCUT2D eigenvalue weighted by molar-refractivity contribution is 0.550. The van der Waals surface area contributed by atoms with Crippen molar-refractivity contribution in [3.05, 3.63) is 30.3 Å². The Morgan fingerprint density at radius 3 is 2.29 bits per heavy atom. The fourth-order valence-corrected chi connectivity index (χ4v) is 2.39. The predicted molar refractivity (Wildman–Crippen MR) is 60.5 cm³/mol. The normalized spacial score (nSPS) is 10.6. The first-order chi connectivity index (χ1) is 7.85. The van der Waals surface area contributed by atoms with Gasteiger partial charge in [-0.1, -0.05) is 22.6 Å². The number of hydrogen-bond acceptors (Lipinski definition) is 5. The Hall–Kier alpha value is -1.74. The van der Waals surface area contributed by atoms with Gasteiger partial charge in [0.25, 0.3) is 10.0 Å². The standard InChI is InChI=1S/C8H9N3O4S2/c1-11(8(9)10-16(12)13)17(14,15)7-5-3-2-4-6-7/h2-6,9H,1H3. The molecule has 0 bridgehead atoms. The third kappa shape index (κ3) is 3.11. The molecule has 1 N–H and O–H groups in total. The van der Waals surface area contributed by atoms with E-state index >= 15 is 0 Å². The maximum atomic E-state index is 11.9. The molecule has 0 fully saturated rings. The zero-order valence-electron chi connectivity index (χ0n) is 8.73. The van der Waals surface area contributed by atoms with Crippen molar-refractivity contribution < 1.29 is 16.8 Å². The summed E-state index contributed by atoms with van der Waals surface area (Å²) in [6, 6.07) is 7.36. The summed E-state index contributed by atoms with van der Waals surface area (Å²) in [6.45, 7) is 0. The summed E-state index contributed by atoms with van der Waals surface area (Å²) in [5.41, 5.74) is 0. The van der Waals surface area contributed by atoms with Crippen LogP contribution in [0.2, 0.25) is 0 Å². The molecule has 1 aromatic carbocycles. The molecule has 9 heteroatoms. The van der Waals surface area contributed by atoms with Gasteiger partial charge in [-0.05, 0) is 12.1 Å². The van der Waals surface area contributed by atoms with Crippen LogP contribution in [0.5, 0.6) is 0 Å². The van der Waals surface area contributed by atoms with Gasteiger partial charge in [0.1, 0.15) is 0 Å². The van der Waals surface area contributed by atoms with E-state index in [0.717, 1.165) is 7.05 Å². The van der Waals surface area contributed by atoms with Gasteiger partial charge in [0, 0.05) is 7.05 Å². The van der Waals surface area contributed by atoms with Crippen molar-refractivity contribution in [1.82, 2.24) is 4.31 Å². The monoisotopic (exact) mass is 275 g/mol. The molecule has 0 saturated heterocycles. The van der Waals surface area contributed by atoms with Gasteiger partial charge in [-0.3, -0.25) is 5.41 Å². The zero-order chi connectivity index (χ0) is 13.1. The molecule has 0 aliphatic rings. The van der Waals surface area contributed by atoms with Gasteiger partial charge in [0.15, 0.2) is 0 Å². The maximum absolute atomic E-state index is 11.9. The lowest BCUT2D eigenvalue weighted by atomic mass is 10.4. The zero-order valence-corrected chi connectivity index (χ0v) is 10.4. The van der Waals surface area contributed by atoms with E-state index in [1.54, 1.807) is 6.07 Å². The Balaban J connectivity index is 3.17. The molecule has 1 rings (SSSR count). The van der Waals surface area contributed by atoms with Gasteiger partial charge in [0.2, 0.25) is 5.96 Å². The summed E-state index contributed by atoms with van der Waals surface area (Å²) in [5.74, 6) is -0.873. The van der Waals surface area contributed by atoms with Crippen LogP contribution in [0.4, 0.5) is 0 Å². The van der Waals surface area contributed by atoms with Gasteiger partial charge in [-0.15, -0.1) is 0 Å². The molecule has 7 nitrogen and oxygen atoms in total. The Bertz CT molecular complexity index is 641. The molecule has 1 aromatic rings. The number of sulfonamides is 1. The van der Waals surface area contributed by atoms with Crippen molar-refractivity contribution in [2.45, 2.75) is 4.90 Å². The first-order valence-electron chi connectivity index (χ1n) is 4.29. The van der Waals surface area contributed by atoms with Crippen LogP contribution in [0.3, 0.4) is 0 Å². The molecule has 0 aliphatic carbocycles. The van der Waals surface area contributed by atoms with E-state index < -0.39 is 26.5 Å². The Labute approximate surface area is 100.0 Å². The van der Waals surface area contributed by atoms with E-state index in [1.807, 2.05) is 0 Å². The molecule has 0 unspecified atom stereocenters. The topological polar surface area (TPSA) is 108 Å². The van der Waals surface area contributed by atoms with Crippen LogP contribution in [-0.4, -0.2) is 34.1 Å². The fraction of sp³-hybridized carbons (Fsp3) is 0.125. The Kier molecular flexibility index (Phi) is 3.97. The van der Waals surface area contributed by atoms with Crippen LogP contribution < -0.4 is 0 Å². The highest BCUT2D eigenvalue weighted by atomic mass is 32.2. The molecular formula is C8H9N3O4S2. The summed E-state index contributed by atoms with van der Waals surface area (Å²) < 4.78 is 47.6. The molecule has 0 atom stereocenters. The van der Waals surface area contributed by atoms with Gasteiger partial charge in [-0.25, -0.2) is 12.7 Å². The van der Waals surface area contributed by atoms with Gasteiger partial charge >= 0.3 is 10.5 Å². The van der Waals surface area contributed by atoms with Crippen molar-refractivity contribution >= 4 is 26.5 Å². The molecule has 92 valence electrons. The third-order valence-electron chi connectivity index (χ3n) is 1.86. The van der Waals surface area contributed by atoms with Crippen LogP contribution in [0.1, 0.15) is 0 Å². The number of benzene rings is 1. The average molecular weight is 275 g/mol. The highest BCUT2D eigenvalue weighted by Gasteiger charge is 2.22. The van der Waals surface area contributed by atoms with Crippen molar-refractivity contribution in [2.24, 2.45) is 4.36 Å². The first kappa shape index (κ1) is 13.3. The number of rotatable bonds is 2. The lowest BCUT2D eigenvalue weighted by Crippen LogP contribution is -2.31. The third-order valence-corrected chi connectivity index (χ3v) is 3.94. The quantitative estimate of drug-likeness (QED) is 0.618. The van der Waals surface area contributed by atoms with Crippen molar-refractivity contribution in [3.8, 4) is 0 Å². The highest BCUT2D eigenvalue weighted by molar-refractivity contribution is 7.89. The highest BCUT2D eigenvalue weighted by Crippen LogP contribution is 2.13. The van der Waals surface area contributed by atoms with Crippen LogP contribution in [0.15, 0.2) is 39.6 Å². The number of nitrogens with one attached hydrogen (secondary N) is 1. The molecule has 0 radical (unpaired) electrons. The molecule has 0 heterocycles. The molecule has 0 spiro atoms. The molecule has 17 heavy (non-hydrogen) atoms. The predicted octanol–water partition coefficient (Wildman–Crippen LogP) is 0.305. The summed E-state index contributed by atoms with van der Waals surface area (Å²) in [7, 11) is -5.75. The molecule has 0 saturated carbocycles. The lowest BCUT2D eigenvalue weighted by Gasteiger charge is -2.15. The van der Waals surface area contributed by atoms with Crippen LogP contribution in [-0.2, 0) is 20.5 Å². The minimum Gasteiger partial charge on any atom is -0.266 e. The minimum atomic E-state index is -3.94. The molecule has 0 amide bonds. The second kappa shape index (κ2) is 5.06. The van der Waals surface area contributed by atoms with Crippen molar-refractivity contribution in [2.75, 3.05) is 7.05 Å². The first-order valence-corrected chi connectivity index (χ1v) is 6.76. The summed E-state index contributed by atoms with van der Waals surface area (Å²) in [4.78, 5) is -0.0425. The van der Waals surface area contributed by atoms with E-state index in [-0.39, 0.29) is 4.90 Å². The Morgan fingerprint density at radius 2 is 1.82 bits per heavy atom. The van der Waals surface area contributed by atoms with Gasteiger partial charge in [0.05, 0.1) is 4.90 Å². The Morgan fingerprint density at radius 1 is 1.29 bits per heavy atom. The number of nitrogens with zero attached hydrogens (tertiary/aromatic N) is 2. The molecule has 0 aromatic heterocycles.